The summed E-state index contributed by atoms with van der Waals surface area (Å²) < 4.78 is 44.5. The van der Waals surface area contributed by atoms with Gasteiger partial charge in [-0.05, 0) is 79.4 Å². The zero-order chi connectivity index (χ0) is 25.8. The van der Waals surface area contributed by atoms with Gasteiger partial charge in [0, 0.05) is 11.8 Å². The molecule has 0 amide bonds. The minimum absolute atomic E-state index is 0.0797. The second kappa shape index (κ2) is 9.68. The molecule has 3 fully saturated rings. The monoisotopic (exact) mass is 498 g/mol. The number of aliphatic hydroxyl groups is 1. The summed E-state index contributed by atoms with van der Waals surface area (Å²) in [6.45, 7) is 11.5. The van der Waals surface area contributed by atoms with Crippen LogP contribution in [-0.4, -0.2) is 29.5 Å². The number of hydrogen-bond donors (Lipinski definition) is 1. The summed E-state index contributed by atoms with van der Waals surface area (Å²) >= 11 is 0. The van der Waals surface area contributed by atoms with Crippen LogP contribution in [0.5, 0.6) is 0 Å². The summed E-state index contributed by atoms with van der Waals surface area (Å²) in [6.07, 6.45) is 5.23. The third-order valence-corrected chi connectivity index (χ3v) is 10.8. The summed E-state index contributed by atoms with van der Waals surface area (Å²) in [5.74, 6) is 1.14. The van der Waals surface area contributed by atoms with Crippen LogP contribution in [0, 0.1) is 46.3 Å². The molecular formula is C29H45F3O3. The van der Waals surface area contributed by atoms with Gasteiger partial charge in [-0.2, -0.15) is 13.2 Å². The molecule has 0 spiro atoms. The normalized spacial score (nSPS) is 42.1. The Labute approximate surface area is 209 Å². The Kier molecular flexibility index (Phi) is 7.47. The van der Waals surface area contributed by atoms with Crippen molar-refractivity contribution in [1.82, 2.24) is 0 Å². The molecule has 4 aliphatic carbocycles. The van der Waals surface area contributed by atoms with Gasteiger partial charge in [0.05, 0.1) is 6.10 Å². The van der Waals surface area contributed by atoms with E-state index in [1.54, 1.807) is 0 Å². The van der Waals surface area contributed by atoms with Gasteiger partial charge in [-0.15, -0.1) is 0 Å². The van der Waals surface area contributed by atoms with Crippen LogP contribution in [0.1, 0.15) is 98.8 Å². The van der Waals surface area contributed by atoms with E-state index in [9.17, 15) is 23.1 Å². The summed E-state index contributed by atoms with van der Waals surface area (Å²) in [5, 5.41) is 10.4. The van der Waals surface area contributed by atoms with Crippen LogP contribution in [0.3, 0.4) is 0 Å². The number of carbonyl (C=O) groups is 1. The molecule has 0 heterocycles. The molecule has 4 rings (SSSR count). The lowest BCUT2D eigenvalue weighted by molar-refractivity contribution is -0.217. The minimum atomic E-state index is -5.02. The SMILES string of the molecule is CC(C)CCC[C@@H](C)[C@H]1CC[C@H]2[C@@H]3CC=C4C[C@H](O)CC(OC(=O)C(F)(F)F)[C@]4(C)[C@H]3CC[C@]12C. The first-order valence-corrected chi connectivity index (χ1v) is 13.9. The van der Waals surface area contributed by atoms with Crippen LogP contribution in [-0.2, 0) is 9.53 Å². The zero-order valence-electron chi connectivity index (χ0n) is 22.2. The largest absolute Gasteiger partial charge is 0.490 e. The van der Waals surface area contributed by atoms with Crippen LogP contribution in [0.25, 0.3) is 0 Å². The van der Waals surface area contributed by atoms with E-state index in [0.29, 0.717) is 30.1 Å². The van der Waals surface area contributed by atoms with E-state index in [0.717, 1.165) is 30.8 Å². The molecule has 1 unspecified atom stereocenters. The standard InChI is InChI=1S/C29H45F3O3/c1-17(2)7-6-8-18(3)22-11-12-23-21-10-9-19-15-20(33)16-25(35-26(34)29(30,31)32)28(19,5)24(21)13-14-27(22,23)4/h9,17-18,20-25,33H,6-8,10-16H2,1-5H3/t18-,20+,21+,22-,23+,24+,25?,27-,28+/m1/s1. The number of allylic oxidation sites excluding steroid dienone is 1. The van der Waals surface area contributed by atoms with Crippen molar-refractivity contribution in [1.29, 1.82) is 0 Å². The van der Waals surface area contributed by atoms with Crippen molar-refractivity contribution in [3.8, 4) is 0 Å². The van der Waals surface area contributed by atoms with Gasteiger partial charge in [-0.3, -0.25) is 0 Å². The number of aliphatic hydroxyl groups excluding tert-OH is 1. The molecule has 0 aromatic carbocycles. The lowest BCUT2D eigenvalue weighted by Crippen LogP contribution is -2.57. The maximum Gasteiger partial charge on any atom is 0.490 e. The van der Waals surface area contributed by atoms with Gasteiger partial charge in [0.15, 0.2) is 0 Å². The highest BCUT2D eigenvalue weighted by molar-refractivity contribution is 5.76. The summed E-state index contributed by atoms with van der Waals surface area (Å²) in [4.78, 5) is 11.8. The van der Waals surface area contributed by atoms with E-state index in [1.165, 1.54) is 32.1 Å². The third-order valence-electron chi connectivity index (χ3n) is 10.8. The maximum atomic E-state index is 13.1. The number of halogens is 3. The van der Waals surface area contributed by atoms with Gasteiger partial charge in [0.25, 0.3) is 0 Å². The Bertz CT molecular complexity index is 820. The molecule has 0 radical (unpaired) electrons. The molecule has 0 aromatic rings. The molecule has 9 atom stereocenters. The molecular weight excluding hydrogens is 453 g/mol. The van der Waals surface area contributed by atoms with Gasteiger partial charge in [-0.1, -0.05) is 65.5 Å². The summed E-state index contributed by atoms with van der Waals surface area (Å²) in [5.41, 5.74) is 0.635. The molecule has 0 aromatic heterocycles. The number of alkyl halides is 3. The highest BCUT2D eigenvalue weighted by Gasteiger charge is 2.62. The highest BCUT2D eigenvalue weighted by Crippen LogP contribution is 2.67. The van der Waals surface area contributed by atoms with Gasteiger partial charge in [-0.25, -0.2) is 4.79 Å². The smallest absolute Gasteiger partial charge is 0.455 e. The quantitative estimate of drug-likeness (QED) is 0.305. The van der Waals surface area contributed by atoms with E-state index < -0.39 is 29.8 Å². The van der Waals surface area contributed by atoms with E-state index in [1.807, 2.05) is 6.92 Å². The second-order valence-electron chi connectivity index (χ2n) is 13.1. The molecule has 3 nitrogen and oxygen atoms in total. The predicted octanol–water partition coefficient (Wildman–Crippen LogP) is 7.47. The minimum Gasteiger partial charge on any atom is -0.455 e. The van der Waals surface area contributed by atoms with Crippen molar-refractivity contribution in [3.63, 3.8) is 0 Å². The Hall–Kier alpha value is -1.04. The van der Waals surface area contributed by atoms with E-state index in [4.69, 9.17) is 4.74 Å². The fourth-order valence-corrected chi connectivity index (χ4v) is 9.07. The van der Waals surface area contributed by atoms with Crippen molar-refractivity contribution in [2.45, 2.75) is 117 Å². The van der Waals surface area contributed by atoms with Crippen LogP contribution in [0.15, 0.2) is 11.6 Å². The van der Waals surface area contributed by atoms with Crippen molar-refractivity contribution >= 4 is 5.97 Å². The predicted molar refractivity (Wildman–Crippen MR) is 130 cm³/mol. The highest BCUT2D eigenvalue weighted by atomic mass is 19.4. The Morgan fingerprint density at radius 2 is 1.86 bits per heavy atom. The molecule has 35 heavy (non-hydrogen) atoms. The zero-order valence-corrected chi connectivity index (χ0v) is 22.2. The number of ether oxygens (including phenoxy) is 1. The fraction of sp³-hybridized carbons (Fsp3) is 0.897. The van der Waals surface area contributed by atoms with Crippen LogP contribution in [0.2, 0.25) is 0 Å². The average Bonchev–Trinajstić information content (AvgIpc) is 3.11. The first-order chi connectivity index (χ1) is 16.3. The number of rotatable bonds is 6. The van der Waals surface area contributed by atoms with E-state index >= 15 is 0 Å². The van der Waals surface area contributed by atoms with Crippen molar-refractivity contribution < 1.29 is 27.8 Å². The number of hydrogen-bond acceptors (Lipinski definition) is 3. The Balaban J connectivity index is 1.56. The lowest BCUT2D eigenvalue weighted by atomic mass is 9.46. The number of carbonyl (C=O) groups excluding carboxylic acids is 1. The van der Waals surface area contributed by atoms with Crippen LogP contribution >= 0.6 is 0 Å². The van der Waals surface area contributed by atoms with Crippen LogP contribution < -0.4 is 0 Å². The lowest BCUT2D eigenvalue weighted by Gasteiger charge is -2.60. The molecule has 0 bridgehead atoms. The van der Waals surface area contributed by atoms with E-state index in [-0.39, 0.29) is 17.8 Å². The van der Waals surface area contributed by atoms with Gasteiger partial charge in [0.1, 0.15) is 6.10 Å². The topological polar surface area (TPSA) is 46.5 Å². The Morgan fingerprint density at radius 1 is 1.14 bits per heavy atom. The maximum absolute atomic E-state index is 13.1. The van der Waals surface area contributed by atoms with E-state index in [2.05, 4.69) is 33.8 Å². The first-order valence-electron chi connectivity index (χ1n) is 13.9. The average molecular weight is 499 g/mol. The fourth-order valence-electron chi connectivity index (χ4n) is 9.07. The second-order valence-corrected chi connectivity index (χ2v) is 13.1. The number of esters is 1. The molecule has 3 saturated carbocycles. The molecule has 0 aliphatic heterocycles. The van der Waals surface area contributed by atoms with Gasteiger partial charge in [0.2, 0.25) is 0 Å². The van der Waals surface area contributed by atoms with Gasteiger partial charge >= 0.3 is 12.1 Å². The molecule has 200 valence electrons. The molecule has 4 aliphatic rings. The molecule has 6 heteroatoms. The molecule has 0 saturated heterocycles. The van der Waals surface area contributed by atoms with Gasteiger partial charge < -0.3 is 9.84 Å². The summed E-state index contributed by atoms with van der Waals surface area (Å²) in [7, 11) is 0. The van der Waals surface area contributed by atoms with Crippen LogP contribution in [0.4, 0.5) is 13.2 Å². The third kappa shape index (κ3) is 4.82. The van der Waals surface area contributed by atoms with Crippen molar-refractivity contribution in [2.75, 3.05) is 0 Å². The van der Waals surface area contributed by atoms with Crippen molar-refractivity contribution in [2.24, 2.45) is 46.3 Å². The number of fused-ring (bicyclic) bond motifs is 5. The Morgan fingerprint density at radius 3 is 2.51 bits per heavy atom. The first kappa shape index (κ1) is 27.0. The summed E-state index contributed by atoms with van der Waals surface area (Å²) in [6, 6.07) is 0. The van der Waals surface area contributed by atoms with Crippen molar-refractivity contribution in [3.05, 3.63) is 11.6 Å². The molecule has 1 N–H and O–H groups in total.